The third kappa shape index (κ3) is 3.65. The van der Waals surface area contributed by atoms with Crippen molar-refractivity contribution in [1.82, 2.24) is 10.6 Å². The lowest BCUT2D eigenvalue weighted by molar-refractivity contribution is 0.241. The van der Waals surface area contributed by atoms with Crippen molar-refractivity contribution in [1.29, 1.82) is 0 Å². The first-order valence-electron chi connectivity index (χ1n) is 8.18. The molecule has 1 aliphatic heterocycles. The number of aliphatic imine (C=N–C) groups is 1. The van der Waals surface area contributed by atoms with Crippen molar-refractivity contribution < 1.29 is 4.79 Å². The summed E-state index contributed by atoms with van der Waals surface area (Å²) in [5.74, 6) is 0. The highest BCUT2D eigenvalue weighted by Crippen LogP contribution is 2.27. The lowest BCUT2D eigenvalue weighted by Gasteiger charge is -2.29. The predicted molar refractivity (Wildman–Crippen MR) is 91.4 cm³/mol. The fourth-order valence-electron chi connectivity index (χ4n) is 2.61. The van der Waals surface area contributed by atoms with E-state index in [0.717, 1.165) is 37.9 Å². The Morgan fingerprint density at radius 1 is 1.23 bits per heavy atom. The summed E-state index contributed by atoms with van der Waals surface area (Å²) in [7, 11) is 0. The molecule has 2 N–H and O–H groups in total. The quantitative estimate of drug-likeness (QED) is 0.761. The maximum atomic E-state index is 12.5. The van der Waals surface area contributed by atoms with Crippen molar-refractivity contribution in [2.24, 2.45) is 4.99 Å². The molecule has 1 atom stereocenters. The number of urea groups is 1. The molecule has 0 radical (unpaired) electrons. The first kappa shape index (κ1) is 16.5. The van der Waals surface area contributed by atoms with Crippen LogP contribution in [0.4, 0.5) is 10.5 Å². The molecule has 0 saturated heterocycles. The molecule has 1 heterocycles. The number of carbonyl (C=O) groups excluding carboxylic acids is 1. The molecule has 1 aromatic carbocycles. The van der Waals surface area contributed by atoms with Gasteiger partial charge in [-0.2, -0.15) is 0 Å². The van der Waals surface area contributed by atoms with Crippen molar-refractivity contribution in [2.75, 3.05) is 11.4 Å². The number of rotatable bonds is 7. The highest BCUT2D eigenvalue weighted by Gasteiger charge is 2.25. The molecule has 0 fully saturated rings. The highest BCUT2D eigenvalue weighted by atomic mass is 16.2. The first-order chi connectivity index (χ1) is 10.7. The van der Waals surface area contributed by atoms with Gasteiger partial charge in [-0.25, -0.2) is 9.79 Å². The van der Waals surface area contributed by atoms with Gasteiger partial charge < -0.3 is 5.32 Å². The Labute approximate surface area is 132 Å². The molecule has 0 aliphatic carbocycles. The Hall–Kier alpha value is -1.88. The molecule has 22 heavy (non-hydrogen) atoms. The minimum absolute atomic E-state index is 0.125. The maximum Gasteiger partial charge on any atom is 0.329 e. The minimum Gasteiger partial charge on any atom is -0.303 e. The molecule has 0 spiro atoms. The smallest absolute Gasteiger partial charge is 0.303 e. The van der Waals surface area contributed by atoms with Gasteiger partial charge in [-0.05, 0) is 36.9 Å². The van der Waals surface area contributed by atoms with Crippen LogP contribution in [0.5, 0.6) is 0 Å². The Morgan fingerprint density at radius 2 is 1.91 bits per heavy atom. The van der Waals surface area contributed by atoms with Gasteiger partial charge in [0.05, 0.1) is 5.69 Å². The fraction of sp³-hybridized carbons (Fsp3) is 0.529. The predicted octanol–water partition coefficient (Wildman–Crippen LogP) is 3.04. The Kier molecular flexibility index (Phi) is 5.95. The number of hydrogen-bond donors (Lipinski definition) is 2. The van der Waals surface area contributed by atoms with E-state index in [2.05, 4.69) is 54.6 Å². The molecule has 1 aromatic rings. The van der Waals surface area contributed by atoms with Gasteiger partial charge >= 0.3 is 6.03 Å². The van der Waals surface area contributed by atoms with Crippen LogP contribution in [0, 0.1) is 0 Å². The van der Waals surface area contributed by atoms with Gasteiger partial charge in [-0.3, -0.25) is 10.2 Å². The summed E-state index contributed by atoms with van der Waals surface area (Å²) in [6.07, 6.45) is 5.29. The lowest BCUT2D eigenvalue weighted by Crippen LogP contribution is -2.54. The second-order valence-electron chi connectivity index (χ2n) is 5.43. The summed E-state index contributed by atoms with van der Waals surface area (Å²) < 4.78 is 0. The van der Waals surface area contributed by atoms with Crippen molar-refractivity contribution in [3.8, 4) is 0 Å². The third-order valence-corrected chi connectivity index (χ3v) is 3.88. The molecule has 0 aromatic heterocycles. The van der Waals surface area contributed by atoms with Gasteiger partial charge in [0.1, 0.15) is 6.34 Å². The SMILES string of the molecule is CCCCNC1N=CN(c2c(CC)cccc2CC)C(=O)N1. The Bertz CT molecular complexity index is 519. The molecule has 1 aliphatic rings. The molecular formula is C17H26N4O. The Morgan fingerprint density at radius 3 is 2.45 bits per heavy atom. The van der Waals surface area contributed by atoms with Crippen LogP contribution in [0.1, 0.15) is 44.7 Å². The molecule has 120 valence electrons. The van der Waals surface area contributed by atoms with E-state index in [-0.39, 0.29) is 12.3 Å². The standard InChI is InChI=1S/C17H26N4O/c1-4-7-11-18-16-19-12-21(17(22)20-16)15-13(5-2)9-8-10-14(15)6-3/h8-10,12,16,18H,4-7,11H2,1-3H3,(H,20,22). The number of para-hydroxylation sites is 1. The number of amides is 2. The van der Waals surface area contributed by atoms with Crippen molar-refractivity contribution in [3.63, 3.8) is 0 Å². The van der Waals surface area contributed by atoms with Crippen LogP contribution in [0.2, 0.25) is 0 Å². The summed E-state index contributed by atoms with van der Waals surface area (Å²) in [4.78, 5) is 18.5. The number of unbranched alkanes of at least 4 members (excludes halogenated alkanes) is 1. The van der Waals surface area contributed by atoms with Gasteiger partial charge in [0.2, 0.25) is 0 Å². The summed E-state index contributed by atoms with van der Waals surface area (Å²) in [6, 6.07) is 6.07. The molecule has 0 bridgehead atoms. The summed E-state index contributed by atoms with van der Waals surface area (Å²) in [5, 5.41) is 6.13. The lowest BCUT2D eigenvalue weighted by atomic mass is 10.0. The van der Waals surface area contributed by atoms with E-state index >= 15 is 0 Å². The van der Waals surface area contributed by atoms with Crippen LogP contribution < -0.4 is 15.5 Å². The molecule has 5 heteroatoms. The fourth-order valence-corrected chi connectivity index (χ4v) is 2.61. The van der Waals surface area contributed by atoms with Gasteiger partial charge in [-0.15, -0.1) is 0 Å². The van der Waals surface area contributed by atoms with Crippen LogP contribution in [0.3, 0.4) is 0 Å². The van der Waals surface area contributed by atoms with Gasteiger partial charge in [-0.1, -0.05) is 45.4 Å². The average Bonchev–Trinajstić information content (AvgIpc) is 2.54. The van der Waals surface area contributed by atoms with E-state index in [4.69, 9.17) is 0 Å². The topological polar surface area (TPSA) is 56.7 Å². The van der Waals surface area contributed by atoms with Crippen molar-refractivity contribution in [3.05, 3.63) is 29.3 Å². The van der Waals surface area contributed by atoms with Crippen LogP contribution in [0.15, 0.2) is 23.2 Å². The number of hydrogen-bond acceptors (Lipinski definition) is 3. The number of aryl methyl sites for hydroxylation is 2. The highest BCUT2D eigenvalue weighted by molar-refractivity contribution is 6.10. The van der Waals surface area contributed by atoms with E-state index in [0.29, 0.717) is 0 Å². The molecule has 2 amide bonds. The van der Waals surface area contributed by atoms with E-state index in [1.54, 1.807) is 11.2 Å². The number of nitrogens with one attached hydrogen (secondary N) is 2. The third-order valence-electron chi connectivity index (χ3n) is 3.88. The zero-order chi connectivity index (χ0) is 15.9. The average molecular weight is 302 g/mol. The van der Waals surface area contributed by atoms with Crippen LogP contribution in [-0.2, 0) is 12.8 Å². The van der Waals surface area contributed by atoms with Crippen molar-refractivity contribution >= 4 is 18.1 Å². The molecular weight excluding hydrogens is 276 g/mol. The largest absolute Gasteiger partial charge is 0.329 e. The number of anilines is 1. The zero-order valence-electron chi connectivity index (χ0n) is 13.7. The van der Waals surface area contributed by atoms with Gasteiger partial charge in [0.15, 0.2) is 6.29 Å². The normalized spacial score (nSPS) is 17.7. The molecule has 2 rings (SSSR count). The summed E-state index contributed by atoms with van der Waals surface area (Å²) >= 11 is 0. The van der Waals surface area contributed by atoms with Crippen molar-refractivity contribution in [2.45, 2.75) is 52.7 Å². The van der Waals surface area contributed by atoms with Crippen LogP contribution in [-0.4, -0.2) is 25.2 Å². The van der Waals surface area contributed by atoms with E-state index in [1.807, 2.05) is 0 Å². The monoisotopic (exact) mass is 302 g/mol. The van der Waals surface area contributed by atoms with Crippen LogP contribution in [0.25, 0.3) is 0 Å². The second kappa shape index (κ2) is 7.94. The minimum atomic E-state index is -0.325. The Balaban J connectivity index is 2.20. The summed E-state index contributed by atoms with van der Waals surface area (Å²) in [6.45, 7) is 7.20. The van der Waals surface area contributed by atoms with E-state index < -0.39 is 0 Å². The molecule has 5 nitrogen and oxygen atoms in total. The second-order valence-corrected chi connectivity index (χ2v) is 5.43. The maximum absolute atomic E-state index is 12.5. The van der Waals surface area contributed by atoms with Gasteiger partial charge in [0.25, 0.3) is 0 Å². The first-order valence-corrected chi connectivity index (χ1v) is 8.18. The van der Waals surface area contributed by atoms with Gasteiger partial charge in [0, 0.05) is 0 Å². The molecule has 0 saturated carbocycles. The number of benzene rings is 1. The number of nitrogens with zero attached hydrogens (tertiary/aromatic N) is 2. The number of carbonyl (C=O) groups is 1. The van der Waals surface area contributed by atoms with E-state index in [9.17, 15) is 4.79 Å². The van der Waals surface area contributed by atoms with E-state index in [1.165, 1.54) is 11.1 Å². The molecule has 1 unspecified atom stereocenters. The summed E-state index contributed by atoms with van der Waals surface area (Å²) in [5.41, 5.74) is 3.30. The zero-order valence-corrected chi connectivity index (χ0v) is 13.7. The van der Waals surface area contributed by atoms with Crippen LogP contribution >= 0.6 is 0 Å².